The van der Waals surface area contributed by atoms with Crippen LogP contribution in [0.25, 0.3) is 0 Å². The van der Waals surface area contributed by atoms with Crippen molar-refractivity contribution in [2.75, 3.05) is 16.8 Å². The van der Waals surface area contributed by atoms with Gasteiger partial charge in [-0.15, -0.1) is 0 Å². The summed E-state index contributed by atoms with van der Waals surface area (Å²) in [4.78, 5) is 26.6. The monoisotopic (exact) mass is 352 g/mol. The lowest BCUT2D eigenvalue weighted by molar-refractivity contribution is -0.122. The quantitative estimate of drug-likeness (QED) is 0.891. The molecule has 0 bridgehead atoms. The van der Waals surface area contributed by atoms with Crippen LogP contribution in [-0.2, 0) is 9.59 Å². The normalized spacial score (nSPS) is 16.8. The molecular formula is C21H24N2O3. The van der Waals surface area contributed by atoms with Gasteiger partial charge >= 0.3 is 0 Å². The molecule has 0 aromatic heterocycles. The van der Waals surface area contributed by atoms with Gasteiger partial charge in [0, 0.05) is 24.3 Å². The summed E-state index contributed by atoms with van der Waals surface area (Å²) in [7, 11) is 0. The van der Waals surface area contributed by atoms with Gasteiger partial charge in [-0.3, -0.25) is 9.59 Å². The lowest BCUT2D eigenvalue weighted by atomic mass is 10.1. The van der Waals surface area contributed by atoms with E-state index >= 15 is 0 Å². The Kier molecular flexibility index (Phi) is 5.26. The summed E-state index contributed by atoms with van der Waals surface area (Å²) in [6, 6.07) is 15.1. The first kappa shape index (κ1) is 18.0. The Hall–Kier alpha value is -2.82. The molecule has 0 radical (unpaired) electrons. The molecule has 1 fully saturated rings. The number of ether oxygens (including phenoxy) is 1. The van der Waals surface area contributed by atoms with Gasteiger partial charge in [0.15, 0.2) is 0 Å². The molecule has 5 heteroatoms. The third-order valence-corrected chi connectivity index (χ3v) is 4.30. The molecule has 1 unspecified atom stereocenters. The molecule has 0 saturated carbocycles. The van der Waals surface area contributed by atoms with E-state index in [-0.39, 0.29) is 30.3 Å². The van der Waals surface area contributed by atoms with Gasteiger partial charge in [-0.05, 0) is 62.7 Å². The first-order chi connectivity index (χ1) is 12.4. The van der Waals surface area contributed by atoms with Crippen LogP contribution in [0.1, 0.15) is 25.8 Å². The molecule has 3 rings (SSSR count). The molecule has 136 valence electrons. The SMILES string of the molecule is Cc1cccc(NC(=O)C2CC(=O)N(c3ccc(OC(C)C)cc3)C2)c1. The molecule has 0 aliphatic carbocycles. The van der Waals surface area contributed by atoms with E-state index in [0.717, 1.165) is 22.7 Å². The van der Waals surface area contributed by atoms with Crippen molar-refractivity contribution in [3.63, 3.8) is 0 Å². The minimum Gasteiger partial charge on any atom is -0.491 e. The number of hydrogen-bond acceptors (Lipinski definition) is 3. The Balaban J connectivity index is 1.65. The number of hydrogen-bond donors (Lipinski definition) is 1. The van der Waals surface area contributed by atoms with Gasteiger partial charge in [0.1, 0.15) is 5.75 Å². The zero-order valence-corrected chi connectivity index (χ0v) is 15.4. The summed E-state index contributed by atoms with van der Waals surface area (Å²) >= 11 is 0. The first-order valence-electron chi connectivity index (χ1n) is 8.87. The van der Waals surface area contributed by atoms with Crippen LogP contribution in [0.15, 0.2) is 48.5 Å². The smallest absolute Gasteiger partial charge is 0.229 e. The van der Waals surface area contributed by atoms with E-state index in [1.54, 1.807) is 4.90 Å². The number of carbonyl (C=O) groups excluding carboxylic acids is 2. The van der Waals surface area contributed by atoms with Crippen LogP contribution in [0.5, 0.6) is 5.75 Å². The Morgan fingerprint density at radius 2 is 1.92 bits per heavy atom. The van der Waals surface area contributed by atoms with E-state index in [1.807, 2.05) is 69.3 Å². The average molecular weight is 352 g/mol. The minimum atomic E-state index is -0.352. The average Bonchev–Trinajstić information content (AvgIpc) is 2.97. The summed E-state index contributed by atoms with van der Waals surface area (Å²) in [5.41, 5.74) is 2.63. The predicted molar refractivity (Wildman–Crippen MR) is 102 cm³/mol. The molecule has 5 nitrogen and oxygen atoms in total. The predicted octanol–water partition coefficient (Wildman–Crippen LogP) is 3.77. The van der Waals surface area contributed by atoms with Crippen molar-refractivity contribution in [3.8, 4) is 5.75 Å². The topological polar surface area (TPSA) is 58.6 Å². The molecular weight excluding hydrogens is 328 g/mol. The molecule has 1 heterocycles. The third-order valence-electron chi connectivity index (χ3n) is 4.30. The maximum Gasteiger partial charge on any atom is 0.229 e. The number of anilines is 2. The third kappa shape index (κ3) is 4.23. The highest BCUT2D eigenvalue weighted by Gasteiger charge is 2.35. The summed E-state index contributed by atoms with van der Waals surface area (Å²) < 4.78 is 5.63. The van der Waals surface area contributed by atoms with E-state index in [9.17, 15) is 9.59 Å². The van der Waals surface area contributed by atoms with E-state index < -0.39 is 0 Å². The van der Waals surface area contributed by atoms with Crippen LogP contribution >= 0.6 is 0 Å². The molecule has 2 aromatic rings. The Morgan fingerprint density at radius 3 is 2.58 bits per heavy atom. The van der Waals surface area contributed by atoms with Gasteiger partial charge < -0.3 is 15.0 Å². The van der Waals surface area contributed by atoms with Crippen molar-refractivity contribution in [3.05, 3.63) is 54.1 Å². The van der Waals surface area contributed by atoms with E-state index in [0.29, 0.717) is 6.54 Å². The van der Waals surface area contributed by atoms with Crippen molar-refractivity contribution in [2.45, 2.75) is 33.3 Å². The van der Waals surface area contributed by atoms with Crippen LogP contribution in [0, 0.1) is 12.8 Å². The fourth-order valence-corrected chi connectivity index (χ4v) is 3.08. The van der Waals surface area contributed by atoms with Gasteiger partial charge in [-0.25, -0.2) is 0 Å². The van der Waals surface area contributed by atoms with Crippen molar-refractivity contribution in [2.24, 2.45) is 5.92 Å². The number of amides is 2. The Morgan fingerprint density at radius 1 is 1.19 bits per heavy atom. The maximum atomic E-state index is 12.5. The van der Waals surface area contributed by atoms with Crippen LogP contribution in [0.3, 0.4) is 0 Å². The van der Waals surface area contributed by atoms with Crippen LogP contribution in [0.4, 0.5) is 11.4 Å². The number of rotatable bonds is 5. The molecule has 1 N–H and O–H groups in total. The second kappa shape index (κ2) is 7.60. The minimum absolute atomic E-state index is 0.0353. The van der Waals surface area contributed by atoms with Gasteiger partial charge in [0.25, 0.3) is 0 Å². The summed E-state index contributed by atoms with van der Waals surface area (Å²) in [5, 5.41) is 2.91. The van der Waals surface area contributed by atoms with Crippen LogP contribution in [0.2, 0.25) is 0 Å². The molecule has 1 saturated heterocycles. The van der Waals surface area contributed by atoms with Crippen molar-refractivity contribution in [1.29, 1.82) is 0 Å². The first-order valence-corrected chi connectivity index (χ1v) is 8.87. The summed E-state index contributed by atoms with van der Waals surface area (Å²) in [6.07, 6.45) is 0.325. The molecule has 1 aliphatic heterocycles. The molecule has 2 aromatic carbocycles. The molecule has 1 atom stereocenters. The standard InChI is InChI=1S/C21H24N2O3/c1-14(2)26-19-9-7-18(8-10-19)23-13-16(12-20(23)24)21(25)22-17-6-4-5-15(3)11-17/h4-11,14,16H,12-13H2,1-3H3,(H,22,25). The molecule has 26 heavy (non-hydrogen) atoms. The second-order valence-corrected chi connectivity index (χ2v) is 6.92. The zero-order chi connectivity index (χ0) is 18.7. The Labute approximate surface area is 154 Å². The number of carbonyl (C=O) groups is 2. The van der Waals surface area contributed by atoms with Gasteiger partial charge in [0.2, 0.25) is 11.8 Å². The highest BCUT2D eigenvalue weighted by Crippen LogP contribution is 2.28. The lowest BCUT2D eigenvalue weighted by Crippen LogP contribution is -2.28. The fourth-order valence-electron chi connectivity index (χ4n) is 3.08. The summed E-state index contributed by atoms with van der Waals surface area (Å²) in [6.45, 7) is 6.30. The van der Waals surface area contributed by atoms with Crippen molar-refractivity contribution in [1.82, 2.24) is 0 Å². The summed E-state index contributed by atoms with van der Waals surface area (Å²) in [5.74, 6) is 0.261. The Bertz CT molecular complexity index is 799. The number of benzene rings is 2. The molecule has 2 amide bonds. The van der Waals surface area contributed by atoms with Crippen LogP contribution in [-0.4, -0.2) is 24.5 Å². The van der Waals surface area contributed by atoms with Gasteiger partial charge in [0.05, 0.1) is 12.0 Å². The zero-order valence-electron chi connectivity index (χ0n) is 15.4. The largest absolute Gasteiger partial charge is 0.491 e. The van der Waals surface area contributed by atoms with Crippen molar-refractivity contribution < 1.29 is 14.3 Å². The lowest BCUT2D eigenvalue weighted by Gasteiger charge is -2.18. The van der Waals surface area contributed by atoms with Gasteiger partial charge in [-0.1, -0.05) is 12.1 Å². The molecule has 0 spiro atoms. The second-order valence-electron chi connectivity index (χ2n) is 6.92. The number of nitrogens with zero attached hydrogens (tertiary/aromatic N) is 1. The highest BCUT2D eigenvalue weighted by molar-refractivity contribution is 6.03. The van der Waals surface area contributed by atoms with E-state index in [1.165, 1.54) is 0 Å². The van der Waals surface area contributed by atoms with E-state index in [2.05, 4.69) is 5.32 Å². The maximum absolute atomic E-state index is 12.5. The number of aryl methyl sites for hydroxylation is 1. The number of nitrogens with one attached hydrogen (secondary N) is 1. The van der Waals surface area contributed by atoms with Crippen LogP contribution < -0.4 is 15.0 Å². The van der Waals surface area contributed by atoms with Gasteiger partial charge in [-0.2, -0.15) is 0 Å². The van der Waals surface area contributed by atoms with Crippen molar-refractivity contribution >= 4 is 23.2 Å². The van der Waals surface area contributed by atoms with E-state index in [4.69, 9.17) is 4.74 Å². The fraction of sp³-hybridized carbons (Fsp3) is 0.333. The highest BCUT2D eigenvalue weighted by atomic mass is 16.5. The molecule has 1 aliphatic rings.